The van der Waals surface area contributed by atoms with Gasteiger partial charge in [0.05, 0.1) is 41.7 Å². The van der Waals surface area contributed by atoms with Gasteiger partial charge in [-0.1, -0.05) is 18.2 Å². The number of benzene rings is 1. The van der Waals surface area contributed by atoms with Crippen molar-refractivity contribution in [3.63, 3.8) is 0 Å². The lowest BCUT2D eigenvalue weighted by Crippen LogP contribution is -2.19. The fraction of sp³-hybridized carbons (Fsp3) is 0.417. The van der Waals surface area contributed by atoms with Gasteiger partial charge in [0.1, 0.15) is 24.1 Å². The molecule has 0 amide bonds. The maximum absolute atomic E-state index is 14.7. The molecule has 2 aromatic heterocycles. The molecule has 34 heavy (non-hydrogen) atoms. The minimum Gasteiger partial charge on any atom is -0.472 e. The summed E-state index contributed by atoms with van der Waals surface area (Å²) in [6, 6.07) is 7.43. The number of nitriles is 1. The normalized spacial score (nSPS) is 19.7. The molecular weight excluding hydrogens is 447 g/mol. The smallest absolute Gasteiger partial charge is 0.266 e. The molecule has 0 bridgehead atoms. The van der Waals surface area contributed by atoms with Gasteiger partial charge in [-0.05, 0) is 25.8 Å². The van der Waals surface area contributed by atoms with Crippen LogP contribution in [-0.2, 0) is 10.2 Å². The molecule has 3 heterocycles. The molecular formula is C24H22F3N5O2. The molecule has 1 aliphatic carbocycles. The third-order valence-electron chi connectivity index (χ3n) is 6.35. The number of alkyl halides is 2. The Morgan fingerprint density at radius 1 is 1.26 bits per heavy atom. The second kappa shape index (κ2) is 8.72. The summed E-state index contributed by atoms with van der Waals surface area (Å²) in [6.07, 6.45) is 0.358. The van der Waals surface area contributed by atoms with Crippen molar-refractivity contribution >= 4 is 16.9 Å². The molecule has 1 saturated heterocycles. The molecule has 2 fully saturated rings. The molecule has 1 aliphatic heterocycles. The van der Waals surface area contributed by atoms with Gasteiger partial charge in [0.15, 0.2) is 5.65 Å². The van der Waals surface area contributed by atoms with E-state index >= 15 is 0 Å². The lowest BCUT2D eigenvalue weighted by atomic mass is 9.97. The van der Waals surface area contributed by atoms with E-state index in [1.807, 2.05) is 0 Å². The van der Waals surface area contributed by atoms with Gasteiger partial charge in [-0.15, -0.1) is 0 Å². The summed E-state index contributed by atoms with van der Waals surface area (Å²) in [5.74, 6) is -0.237. The van der Waals surface area contributed by atoms with Crippen LogP contribution in [0.25, 0.3) is 11.0 Å². The number of rotatable bonds is 7. The van der Waals surface area contributed by atoms with Crippen LogP contribution in [0.5, 0.6) is 5.88 Å². The van der Waals surface area contributed by atoms with Crippen LogP contribution >= 0.6 is 0 Å². The SMILES string of the molecule is C[C@@H](Nc1ncnc2nc(OC3CCOC3)c(C3(C#N)CC3)cc12)c1cccc(C(F)F)c1F. The highest BCUT2D eigenvalue weighted by atomic mass is 19.3. The van der Waals surface area contributed by atoms with Gasteiger partial charge in [-0.3, -0.25) is 0 Å². The second-order valence-electron chi connectivity index (χ2n) is 8.65. The van der Waals surface area contributed by atoms with Gasteiger partial charge < -0.3 is 14.8 Å². The number of anilines is 1. The fourth-order valence-corrected chi connectivity index (χ4v) is 4.20. The molecule has 10 heteroatoms. The molecule has 5 rings (SSSR count). The highest BCUT2D eigenvalue weighted by Crippen LogP contribution is 2.51. The average molecular weight is 469 g/mol. The molecule has 1 aromatic carbocycles. The minimum atomic E-state index is -2.91. The zero-order valence-electron chi connectivity index (χ0n) is 18.4. The summed E-state index contributed by atoms with van der Waals surface area (Å²) in [7, 11) is 0. The molecule has 1 N–H and O–H groups in total. The first-order valence-electron chi connectivity index (χ1n) is 11.1. The Kier molecular flexibility index (Phi) is 5.73. The molecule has 1 unspecified atom stereocenters. The Morgan fingerprint density at radius 3 is 2.74 bits per heavy atom. The van der Waals surface area contributed by atoms with Crippen molar-refractivity contribution in [2.75, 3.05) is 18.5 Å². The molecule has 3 aromatic rings. The van der Waals surface area contributed by atoms with Crippen LogP contribution in [0.15, 0.2) is 30.6 Å². The standard InChI is InChI=1S/C24H22F3N5O2/c1-13(15-3-2-4-16(19(15)25)20(26)27)31-21-17-9-18(24(11-28)6-7-24)23(32-22(17)30-12-29-21)34-14-5-8-33-10-14/h2-4,9,12-14,20H,5-8,10H2,1H3,(H,29,30,31,32)/t13-,14?/m1/s1. The number of fused-ring (bicyclic) bond motifs is 1. The quantitative estimate of drug-likeness (QED) is 0.521. The summed E-state index contributed by atoms with van der Waals surface area (Å²) >= 11 is 0. The van der Waals surface area contributed by atoms with Crippen LogP contribution in [0.4, 0.5) is 19.0 Å². The van der Waals surface area contributed by atoms with Crippen LogP contribution in [0.1, 0.15) is 55.3 Å². The van der Waals surface area contributed by atoms with E-state index in [2.05, 4.69) is 26.3 Å². The van der Waals surface area contributed by atoms with Gasteiger partial charge in [-0.25, -0.2) is 23.1 Å². The van der Waals surface area contributed by atoms with E-state index in [4.69, 9.17) is 9.47 Å². The van der Waals surface area contributed by atoms with Crippen LogP contribution in [0.3, 0.4) is 0 Å². The summed E-state index contributed by atoms with van der Waals surface area (Å²) in [4.78, 5) is 13.1. The van der Waals surface area contributed by atoms with Crippen LogP contribution in [-0.4, -0.2) is 34.3 Å². The first-order chi connectivity index (χ1) is 16.4. The summed E-state index contributed by atoms with van der Waals surface area (Å²) in [5, 5.41) is 13.5. The largest absolute Gasteiger partial charge is 0.472 e. The molecule has 0 spiro atoms. The predicted octanol–water partition coefficient (Wildman–Crippen LogP) is 5.00. The zero-order valence-corrected chi connectivity index (χ0v) is 18.4. The van der Waals surface area contributed by atoms with E-state index in [0.29, 0.717) is 54.4 Å². The maximum atomic E-state index is 14.7. The summed E-state index contributed by atoms with van der Waals surface area (Å²) < 4.78 is 52.5. The van der Waals surface area contributed by atoms with Crippen LogP contribution in [0.2, 0.25) is 0 Å². The number of pyridine rings is 1. The Balaban J connectivity index is 1.53. The van der Waals surface area contributed by atoms with Crippen molar-refractivity contribution < 1.29 is 22.6 Å². The van der Waals surface area contributed by atoms with E-state index in [1.165, 1.54) is 18.5 Å². The van der Waals surface area contributed by atoms with Gasteiger partial charge in [0, 0.05) is 17.5 Å². The van der Waals surface area contributed by atoms with Gasteiger partial charge >= 0.3 is 0 Å². The van der Waals surface area contributed by atoms with Crippen molar-refractivity contribution in [1.29, 1.82) is 5.26 Å². The summed E-state index contributed by atoms with van der Waals surface area (Å²) in [5.41, 5.74) is -0.241. The average Bonchev–Trinajstić information content (AvgIpc) is 3.46. The Bertz CT molecular complexity index is 1270. The predicted molar refractivity (Wildman–Crippen MR) is 117 cm³/mol. The number of nitrogens with zero attached hydrogens (tertiary/aromatic N) is 4. The van der Waals surface area contributed by atoms with Gasteiger partial charge in [0.25, 0.3) is 6.43 Å². The number of hydrogen-bond donors (Lipinski definition) is 1. The number of ether oxygens (including phenoxy) is 2. The third kappa shape index (κ3) is 4.01. The van der Waals surface area contributed by atoms with Crippen molar-refractivity contribution in [3.05, 3.63) is 53.1 Å². The number of halogens is 3. The number of nitrogens with one attached hydrogen (secondary N) is 1. The van der Waals surface area contributed by atoms with Crippen LogP contribution in [0, 0.1) is 17.1 Å². The highest BCUT2D eigenvalue weighted by molar-refractivity contribution is 5.88. The van der Waals surface area contributed by atoms with E-state index < -0.39 is 29.3 Å². The molecule has 7 nitrogen and oxygen atoms in total. The minimum absolute atomic E-state index is 0.0922. The van der Waals surface area contributed by atoms with Gasteiger partial charge in [-0.2, -0.15) is 10.2 Å². The molecule has 2 aliphatic rings. The lowest BCUT2D eigenvalue weighted by Gasteiger charge is -2.20. The fourth-order valence-electron chi connectivity index (χ4n) is 4.20. The topological polar surface area (TPSA) is 93.0 Å². The van der Waals surface area contributed by atoms with E-state index in [9.17, 15) is 18.4 Å². The number of hydrogen-bond acceptors (Lipinski definition) is 7. The molecule has 0 radical (unpaired) electrons. The zero-order chi connectivity index (χ0) is 23.9. The lowest BCUT2D eigenvalue weighted by molar-refractivity contribution is 0.137. The second-order valence-corrected chi connectivity index (χ2v) is 8.65. The monoisotopic (exact) mass is 469 g/mol. The molecule has 1 saturated carbocycles. The first kappa shape index (κ1) is 22.3. The highest BCUT2D eigenvalue weighted by Gasteiger charge is 2.48. The van der Waals surface area contributed by atoms with E-state index in [0.717, 1.165) is 12.5 Å². The Morgan fingerprint density at radius 2 is 2.06 bits per heavy atom. The van der Waals surface area contributed by atoms with Crippen LogP contribution < -0.4 is 10.1 Å². The van der Waals surface area contributed by atoms with Crippen molar-refractivity contribution in [2.45, 2.75) is 50.2 Å². The van der Waals surface area contributed by atoms with E-state index in [1.54, 1.807) is 13.0 Å². The van der Waals surface area contributed by atoms with Crippen molar-refractivity contribution in [1.82, 2.24) is 15.0 Å². The molecule has 176 valence electrons. The Labute approximate surface area is 193 Å². The van der Waals surface area contributed by atoms with E-state index in [-0.39, 0.29) is 11.7 Å². The Hall–Kier alpha value is -3.45. The molecule has 2 atom stereocenters. The maximum Gasteiger partial charge on any atom is 0.266 e. The number of aromatic nitrogens is 3. The van der Waals surface area contributed by atoms with Crippen molar-refractivity contribution in [2.24, 2.45) is 0 Å². The summed E-state index contributed by atoms with van der Waals surface area (Å²) in [6.45, 7) is 2.72. The van der Waals surface area contributed by atoms with Crippen molar-refractivity contribution in [3.8, 4) is 11.9 Å². The van der Waals surface area contributed by atoms with Gasteiger partial charge in [0.2, 0.25) is 5.88 Å². The third-order valence-corrected chi connectivity index (χ3v) is 6.35. The first-order valence-corrected chi connectivity index (χ1v) is 11.1.